The van der Waals surface area contributed by atoms with Crippen LogP contribution in [-0.4, -0.2) is 44.8 Å². The van der Waals surface area contributed by atoms with Gasteiger partial charge in [-0.05, 0) is 76.7 Å². The van der Waals surface area contributed by atoms with Gasteiger partial charge >= 0.3 is 11.8 Å². The van der Waals surface area contributed by atoms with Crippen LogP contribution in [0.5, 0.6) is 17.2 Å². The summed E-state index contributed by atoms with van der Waals surface area (Å²) >= 11 is 2.03. The minimum atomic E-state index is -0.928. The first-order valence-corrected chi connectivity index (χ1v) is 11.6. The van der Waals surface area contributed by atoms with Crippen LogP contribution in [-0.2, 0) is 20.9 Å². The second-order valence-electron chi connectivity index (χ2n) is 7.06. The van der Waals surface area contributed by atoms with Crippen molar-refractivity contribution in [2.75, 3.05) is 26.1 Å². The van der Waals surface area contributed by atoms with E-state index < -0.39 is 11.8 Å². The van der Waals surface area contributed by atoms with E-state index in [0.29, 0.717) is 37.8 Å². The van der Waals surface area contributed by atoms with Gasteiger partial charge in [-0.15, -0.1) is 0 Å². The highest BCUT2D eigenvalue weighted by Crippen LogP contribution is 2.33. The number of furan rings is 1. The topological polar surface area (TPSA) is 140 Å². The van der Waals surface area contributed by atoms with Crippen LogP contribution in [0, 0.1) is 3.57 Å². The van der Waals surface area contributed by atoms with Crippen LogP contribution in [0.15, 0.2) is 64.3 Å². The van der Waals surface area contributed by atoms with E-state index in [-0.39, 0.29) is 19.1 Å². The second kappa shape index (κ2) is 13.1. The molecule has 2 aromatic carbocycles. The second-order valence-corrected chi connectivity index (χ2v) is 8.22. The van der Waals surface area contributed by atoms with Crippen molar-refractivity contribution in [2.24, 2.45) is 5.10 Å². The number of nitrogens with zero attached hydrogens (tertiary/aromatic N) is 1. The highest BCUT2D eigenvalue weighted by Gasteiger charge is 2.15. The summed E-state index contributed by atoms with van der Waals surface area (Å²) in [5.41, 5.74) is 3.33. The third-order valence-corrected chi connectivity index (χ3v) is 5.36. The van der Waals surface area contributed by atoms with E-state index in [2.05, 4.69) is 21.2 Å². The molecular formula is C24H23IN4O7. The summed E-state index contributed by atoms with van der Waals surface area (Å²) in [6, 6.07) is 13.6. The number of halogens is 1. The lowest BCUT2D eigenvalue weighted by Gasteiger charge is -2.13. The fraction of sp³-hybridized carbons (Fsp3) is 0.167. The summed E-state index contributed by atoms with van der Waals surface area (Å²) in [7, 11) is 3.02. The molecule has 3 amide bonds. The zero-order chi connectivity index (χ0) is 25.9. The molecule has 0 spiro atoms. The van der Waals surface area contributed by atoms with Crippen molar-refractivity contribution in [3.8, 4) is 17.2 Å². The number of nitrogens with one attached hydrogen (secondary N) is 3. The number of rotatable bonds is 10. The van der Waals surface area contributed by atoms with Gasteiger partial charge in [0.15, 0.2) is 18.1 Å². The number of hydrogen-bond donors (Lipinski definition) is 3. The molecule has 0 saturated carbocycles. The maximum absolute atomic E-state index is 12.3. The normalized spacial score (nSPS) is 10.5. The smallest absolute Gasteiger partial charge is 0.329 e. The Morgan fingerprint density at radius 3 is 2.50 bits per heavy atom. The van der Waals surface area contributed by atoms with E-state index in [1.54, 1.807) is 55.6 Å². The third-order valence-electron chi connectivity index (χ3n) is 4.56. The first kappa shape index (κ1) is 26.5. The van der Waals surface area contributed by atoms with E-state index in [9.17, 15) is 14.4 Å². The first-order chi connectivity index (χ1) is 17.4. The average molecular weight is 606 g/mol. The molecule has 0 aliphatic rings. The van der Waals surface area contributed by atoms with Crippen molar-refractivity contribution >= 4 is 52.2 Å². The van der Waals surface area contributed by atoms with Crippen molar-refractivity contribution in [3.63, 3.8) is 0 Å². The Morgan fingerprint density at radius 2 is 1.83 bits per heavy atom. The van der Waals surface area contributed by atoms with Crippen LogP contribution in [0.25, 0.3) is 0 Å². The molecule has 3 N–H and O–H groups in total. The standard InChI is InChI=1S/C24H23IN4O7/c1-33-17-7-5-16(6-8-17)28-21(30)14-36-22-19(25)10-15(11-20(22)34-2)12-27-29-24(32)23(31)26-13-18-4-3-9-35-18/h3-12H,13-14H2,1-2H3,(H,26,31)(H,28,30)(H,29,32)/b27-12-. The van der Waals surface area contributed by atoms with Crippen LogP contribution in [0.1, 0.15) is 11.3 Å². The quantitative estimate of drug-likeness (QED) is 0.140. The minimum Gasteiger partial charge on any atom is -0.497 e. The van der Waals surface area contributed by atoms with Gasteiger partial charge in [0, 0.05) is 5.69 Å². The van der Waals surface area contributed by atoms with Crippen LogP contribution < -0.4 is 30.3 Å². The third kappa shape index (κ3) is 7.73. The zero-order valence-electron chi connectivity index (χ0n) is 19.4. The largest absolute Gasteiger partial charge is 0.497 e. The molecule has 188 valence electrons. The average Bonchev–Trinajstić information content (AvgIpc) is 3.40. The molecule has 1 heterocycles. The van der Waals surface area contributed by atoms with Gasteiger partial charge in [0.05, 0.1) is 36.8 Å². The summed E-state index contributed by atoms with van der Waals surface area (Å²) in [6.45, 7) is -0.160. The summed E-state index contributed by atoms with van der Waals surface area (Å²) in [6.07, 6.45) is 2.82. The van der Waals surface area contributed by atoms with Crippen molar-refractivity contribution in [1.82, 2.24) is 10.7 Å². The number of carbonyl (C=O) groups is 3. The van der Waals surface area contributed by atoms with Gasteiger partial charge in [0.1, 0.15) is 11.5 Å². The predicted molar refractivity (Wildman–Crippen MR) is 139 cm³/mol. The Balaban J connectivity index is 1.54. The van der Waals surface area contributed by atoms with E-state index in [1.165, 1.54) is 19.6 Å². The van der Waals surface area contributed by atoms with Crippen molar-refractivity contribution in [3.05, 3.63) is 69.7 Å². The van der Waals surface area contributed by atoms with E-state index in [1.807, 2.05) is 22.6 Å². The van der Waals surface area contributed by atoms with Gasteiger partial charge in [-0.3, -0.25) is 14.4 Å². The predicted octanol–water partition coefficient (Wildman–Crippen LogP) is 2.69. The van der Waals surface area contributed by atoms with Crippen LogP contribution in [0.3, 0.4) is 0 Å². The maximum atomic E-state index is 12.3. The number of carbonyl (C=O) groups excluding carboxylic acids is 3. The molecule has 1 aromatic heterocycles. The first-order valence-electron chi connectivity index (χ1n) is 10.5. The fourth-order valence-corrected chi connectivity index (χ4v) is 3.62. The highest BCUT2D eigenvalue weighted by molar-refractivity contribution is 14.1. The van der Waals surface area contributed by atoms with Crippen molar-refractivity contribution in [1.29, 1.82) is 0 Å². The Morgan fingerprint density at radius 1 is 1.06 bits per heavy atom. The zero-order valence-corrected chi connectivity index (χ0v) is 21.5. The molecule has 0 radical (unpaired) electrons. The van der Waals surface area contributed by atoms with E-state index in [0.717, 1.165) is 0 Å². The summed E-state index contributed by atoms with van der Waals surface area (Å²) in [5, 5.41) is 8.96. The minimum absolute atomic E-state index is 0.0813. The lowest BCUT2D eigenvalue weighted by atomic mass is 10.2. The Hall–Kier alpha value is -4.07. The molecule has 3 aromatic rings. The summed E-state index contributed by atoms with van der Waals surface area (Å²) in [5.74, 6) is -0.196. The number of hydrazone groups is 1. The van der Waals surface area contributed by atoms with Gasteiger partial charge in [-0.1, -0.05) is 0 Å². The molecule has 36 heavy (non-hydrogen) atoms. The maximum Gasteiger partial charge on any atom is 0.329 e. The molecular weight excluding hydrogens is 583 g/mol. The number of hydrogen-bond acceptors (Lipinski definition) is 8. The molecule has 0 unspecified atom stereocenters. The number of methoxy groups -OCH3 is 2. The molecule has 0 atom stereocenters. The summed E-state index contributed by atoms with van der Waals surface area (Å²) in [4.78, 5) is 36.0. The molecule has 11 nitrogen and oxygen atoms in total. The van der Waals surface area contributed by atoms with Gasteiger partial charge < -0.3 is 29.3 Å². The Labute approximate surface area is 220 Å². The Bertz CT molecular complexity index is 1230. The van der Waals surface area contributed by atoms with E-state index in [4.69, 9.17) is 18.6 Å². The van der Waals surface area contributed by atoms with Gasteiger partial charge in [0.25, 0.3) is 5.91 Å². The molecule has 12 heteroatoms. The van der Waals surface area contributed by atoms with Crippen molar-refractivity contribution < 1.29 is 33.0 Å². The van der Waals surface area contributed by atoms with Gasteiger partial charge in [0.2, 0.25) is 0 Å². The lowest BCUT2D eigenvalue weighted by molar-refractivity contribution is -0.139. The number of amides is 3. The molecule has 3 rings (SSSR count). The van der Waals surface area contributed by atoms with E-state index >= 15 is 0 Å². The lowest BCUT2D eigenvalue weighted by Crippen LogP contribution is -2.37. The molecule has 0 fully saturated rings. The van der Waals surface area contributed by atoms with Gasteiger partial charge in [-0.25, -0.2) is 5.43 Å². The molecule has 0 bridgehead atoms. The summed E-state index contributed by atoms with van der Waals surface area (Å²) < 4.78 is 21.9. The van der Waals surface area contributed by atoms with Crippen molar-refractivity contribution in [2.45, 2.75) is 6.54 Å². The number of anilines is 1. The number of benzene rings is 2. The van der Waals surface area contributed by atoms with Crippen LogP contribution in [0.4, 0.5) is 5.69 Å². The highest BCUT2D eigenvalue weighted by atomic mass is 127. The fourth-order valence-electron chi connectivity index (χ4n) is 2.84. The number of ether oxygens (including phenoxy) is 3. The van der Waals surface area contributed by atoms with Gasteiger partial charge in [-0.2, -0.15) is 5.10 Å². The monoisotopic (exact) mass is 606 g/mol. The Kier molecular flexibility index (Phi) is 9.68. The SMILES string of the molecule is COc1ccc(NC(=O)COc2c(I)cc(/C=N\NC(=O)C(=O)NCc3ccco3)cc2OC)cc1. The van der Waals surface area contributed by atoms with Crippen LogP contribution in [0.2, 0.25) is 0 Å². The molecule has 0 aliphatic carbocycles. The molecule has 0 aliphatic heterocycles. The van der Waals surface area contributed by atoms with Crippen LogP contribution >= 0.6 is 22.6 Å². The molecule has 0 saturated heterocycles.